The number of aromatic hydroxyl groups is 1. The summed E-state index contributed by atoms with van der Waals surface area (Å²) < 4.78 is 0. The van der Waals surface area contributed by atoms with Crippen LogP contribution in [0.15, 0.2) is 12.1 Å². The monoisotopic (exact) mass is 400 g/mol. The highest BCUT2D eigenvalue weighted by Crippen LogP contribution is 2.39. The lowest BCUT2D eigenvalue weighted by atomic mass is 9.71. The SMILES string of the molecule is CC(C)(C)CC(C)(C)c1cc(CN2CCCCC2)c(O)c(CN2CCCCC2)c1. The largest absolute Gasteiger partial charge is 0.507 e. The van der Waals surface area contributed by atoms with Crippen LogP contribution in [-0.4, -0.2) is 41.1 Å². The Balaban J connectivity index is 1.91. The molecule has 29 heavy (non-hydrogen) atoms. The number of rotatable bonds is 6. The van der Waals surface area contributed by atoms with E-state index in [2.05, 4.69) is 56.6 Å². The van der Waals surface area contributed by atoms with E-state index in [0.29, 0.717) is 5.75 Å². The summed E-state index contributed by atoms with van der Waals surface area (Å²) in [6.07, 6.45) is 8.99. The first-order valence-corrected chi connectivity index (χ1v) is 11.9. The van der Waals surface area contributed by atoms with Gasteiger partial charge < -0.3 is 5.11 Å². The van der Waals surface area contributed by atoms with Gasteiger partial charge in [-0.2, -0.15) is 0 Å². The number of phenols is 1. The number of hydrogen-bond donors (Lipinski definition) is 1. The Morgan fingerprint density at radius 1 is 0.724 bits per heavy atom. The molecule has 0 unspecified atom stereocenters. The molecule has 2 fully saturated rings. The van der Waals surface area contributed by atoms with Gasteiger partial charge in [-0.15, -0.1) is 0 Å². The lowest BCUT2D eigenvalue weighted by Crippen LogP contribution is -2.31. The van der Waals surface area contributed by atoms with Gasteiger partial charge in [0.25, 0.3) is 0 Å². The fourth-order valence-corrected chi connectivity index (χ4v) is 5.54. The third-order valence-corrected chi connectivity index (χ3v) is 6.71. The number of nitrogens with zero attached hydrogens (tertiary/aromatic N) is 2. The van der Waals surface area contributed by atoms with Crippen molar-refractivity contribution in [2.24, 2.45) is 5.41 Å². The van der Waals surface area contributed by atoms with Crippen LogP contribution in [0.5, 0.6) is 5.75 Å². The topological polar surface area (TPSA) is 26.7 Å². The minimum Gasteiger partial charge on any atom is -0.507 e. The maximum absolute atomic E-state index is 11.2. The molecule has 2 aliphatic rings. The van der Waals surface area contributed by atoms with Gasteiger partial charge >= 0.3 is 0 Å². The summed E-state index contributed by atoms with van der Waals surface area (Å²) in [5, 5.41) is 11.2. The first-order valence-electron chi connectivity index (χ1n) is 11.9. The van der Waals surface area contributed by atoms with Crippen LogP contribution in [0.4, 0.5) is 0 Å². The molecular weight excluding hydrogens is 356 g/mol. The van der Waals surface area contributed by atoms with E-state index in [9.17, 15) is 5.11 Å². The molecule has 0 aliphatic carbocycles. The van der Waals surface area contributed by atoms with Crippen molar-refractivity contribution in [3.05, 3.63) is 28.8 Å². The van der Waals surface area contributed by atoms with Crippen molar-refractivity contribution >= 4 is 0 Å². The molecule has 0 spiro atoms. The van der Waals surface area contributed by atoms with Crippen molar-refractivity contribution in [2.45, 2.75) is 98.1 Å². The fourth-order valence-electron chi connectivity index (χ4n) is 5.54. The Morgan fingerprint density at radius 2 is 1.14 bits per heavy atom. The summed E-state index contributed by atoms with van der Waals surface area (Å²) in [5.41, 5.74) is 4.04. The molecule has 2 heterocycles. The van der Waals surface area contributed by atoms with E-state index in [4.69, 9.17) is 0 Å². The number of benzene rings is 1. The second kappa shape index (κ2) is 9.39. The molecule has 3 heteroatoms. The van der Waals surface area contributed by atoms with E-state index in [1.165, 1.54) is 44.1 Å². The van der Waals surface area contributed by atoms with Crippen molar-refractivity contribution in [1.82, 2.24) is 9.80 Å². The third-order valence-electron chi connectivity index (χ3n) is 6.71. The lowest BCUT2D eigenvalue weighted by Gasteiger charge is -2.35. The van der Waals surface area contributed by atoms with Crippen molar-refractivity contribution in [3.8, 4) is 5.75 Å². The predicted molar refractivity (Wildman–Crippen MR) is 123 cm³/mol. The molecule has 0 amide bonds. The molecule has 3 rings (SSSR count). The van der Waals surface area contributed by atoms with Crippen molar-refractivity contribution in [3.63, 3.8) is 0 Å². The van der Waals surface area contributed by atoms with Crippen LogP contribution in [-0.2, 0) is 18.5 Å². The average molecular weight is 401 g/mol. The quantitative estimate of drug-likeness (QED) is 0.627. The van der Waals surface area contributed by atoms with Gasteiger partial charge in [0.1, 0.15) is 5.75 Å². The van der Waals surface area contributed by atoms with Crippen molar-refractivity contribution < 1.29 is 5.11 Å². The molecule has 2 saturated heterocycles. The van der Waals surface area contributed by atoms with Crippen molar-refractivity contribution in [1.29, 1.82) is 0 Å². The molecule has 0 saturated carbocycles. The molecule has 1 aromatic rings. The van der Waals surface area contributed by atoms with Crippen LogP contribution in [0, 0.1) is 5.41 Å². The molecule has 2 aliphatic heterocycles. The van der Waals surface area contributed by atoms with Crippen LogP contribution < -0.4 is 0 Å². The van der Waals surface area contributed by atoms with Gasteiger partial charge in [0.05, 0.1) is 0 Å². The number of piperidine rings is 2. The van der Waals surface area contributed by atoms with E-state index in [1.54, 1.807) is 0 Å². The first-order chi connectivity index (χ1) is 13.6. The average Bonchev–Trinajstić information content (AvgIpc) is 2.64. The van der Waals surface area contributed by atoms with E-state index < -0.39 is 0 Å². The third kappa shape index (κ3) is 6.46. The van der Waals surface area contributed by atoms with Gasteiger partial charge in [-0.05, 0) is 74.7 Å². The highest BCUT2D eigenvalue weighted by molar-refractivity contribution is 5.46. The maximum Gasteiger partial charge on any atom is 0.124 e. The van der Waals surface area contributed by atoms with Crippen LogP contribution in [0.3, 0.4) is 0 Å². The zero-order chi connectivity index (χ0) is 21.1. The zero-order valence-electron chi connectivity index (χ0n) is 19.7. The second-order valence-corrected chi connectivity index (χ2v) is 11.4. The van der Waals surface area contributed by atoms with Gasteiger partial charge in [-0.1, -0.05) is 59.6 Å². The van der Waals surface area contributed by atoms with E-state index in [-0.39, 0.29) is 10.8 Å². The van der Waals surface area contributed by atoms with Gasteiger partial charge in [0, 0.05) is 24.2 Å². The van der Waals surface area contributed by atoms with Crippen LogP contribution in [0.1, 0.15) is 96.3 Å². The van der Waals surface area contributed by atoms with Gasteiger partial charge in [0.2, 0.25) is 0 Å². The molecule has 0 atom stereocenters. The van der Waals surface area contributed by atoms with Gasteiger partial charge in [0.15, 0.2) is 0 Å². The standard InChI is InChI=1S/C26H44N2O/c1-25(2,3)20-26(4,5)23-16-21(18-27-12-8-6-9-13-27)24(29)22(17-23)19-28-14-10-7-11-15-28/h16-17,29H,6-15,18-20H2,1-5H3. The fraction of sp³-hybridized carbons (Fsp3) is 0.769. The summed E-state index contributed by atoms with van der Waals surface area (Å²) in [4.78, 5) is 5.06. The lowest BCUT2D eigenvalue weighted by molar-refractivity contribution is 0.212. The summed E-state index contributed by atoms with van der Waals surface area (Å²) >= 11 is 0. The Labute approximate surface area is 179 Å². The minimum atomic E-state index is 0.0965. The highest BCUT2D eigenvalue weighted by atomic mass is 16.3. The zero-order valence-corrected chi connectivity index (χ0v) is 19.7. The Hall–Kier alpha value is -1.06. The number of hydrogen-bond acceptors (Lipinski definition) is 3. The van der Waals surface area contributed by atoms with Crippen LogP contribution >= 0.6 is 0 Å². The Bertz CT molecular complexity index is 621. The summed E-state index contributed by atoms with van der Waals surface area (Å²) in [7, 11) is 0. The van der Waals surface area contributed by atoms with Crippen molar-refractivity contribution in [2.75, 3.05) is 26.2 Å². The number of phenolic OH excluding ortho intramolecular Hbond substituents is 1. The molecule has 3 nitrogen and oxygen atoms in total. The molecule has 1 N–H and O–H groups in total. The normalized spacial score (nSPS) is 20.2. The highest BCUT2D eigenvalue weighted by Gasteiger charge is 2.29. The molecule has 0 aromatic heterocycles. The smallest absolute Gasteiger partial charge is 0.124 e. The number of likely N-dealkylation sites (tertiary alicyclic amines) is 2. The van der Waals surface area contributed by atoms with Crippen LogP contribution in [0.2, 0.25) is 0 Å². The molecule has 1 aromatic carbocycles. The van der Waals surface area contributed by atoms with E-state index >= 15 is 0 Å². The molecule has 0 radical (unpaired) electrons. The Kier molecular flexibility index (Phi) is 7.32. The van der Waals surface area contributed by atoms with Gasteiger partial charge in [-0.25, -0.2) is 0 Å². The Morgan fingerprint density at radius 3 is 1.52 bits per heavy atom. The summed E-state index contributed by atoms with van der Waals surface area (Å²) in [5.74, 6) is 0.552. The van der Waals surface area contributed by atoms with E-state index in [0.717, 1.165) is 56.8 Å². The second-order valence-electron chi connectivity index (χ2n) is 11.4. The molecule has 0 bridgehead atoms. The first kappa shape index (κ1) is 22.6. The predicted octanol–water partition coefficient (Wildman–Crippen LogP) is 6.08. The molecular formula is C26H44N2O. The van der Waals surface area contributed by atoms with Gasteiger partial charge in [-0.3, -0.25) is 9.80 Å². The van der Waals surface area contributed by atoms with Crippen LogP contribution in [0.25, 0.3) is 0 Å². The summed E-state index contributed by atoms with van der Waals surface area (Å²) in [6.45, 7) is 18.2. The molecule has 164 valence electrons. The minimum absolute atomic E-state index is 0.0965. The maximum atomic E-state index is 11.2. The van der Waals surface area contributed by atoms with E-state index in [1.807, 2.05) is 0 Å². The summed E-state index contributed by atoms with van der Waals surface area (Å²) in [6, 6.07) is 4.63.